The average Bonchev–Trinajstić information content (AvgIpc) is 2.56. The van der Waals surface area contributed by atoms with Gasteiger partial charge in [0.2, 0.25) is 6.10 Å². The Kier molecular flexibility index (Phi) is 12.1. The summed E-state index contributed by atoms with van der Waals surface area (Å²) < 4.78 is 9.81. The van der Waals surface area contributed by atoms with Gasteiger partial charge in [0.25, 0.3) is 0 Å². The molecule has 6 N–H and O–H groups in total. The molecular weight excluding hydrogens is 368 g/mol. The molecule has 0 radical (unpaired) electrons. The number of thioether (sulfide) groups is 1. The molecule has 144 valence electrons. The van der Waals surface area contributed by atoms with Crippen molar-refractivity contribution in [2.24, 2.45) is 28.1 Å². The third-order valence-electron chi connectivity index (χ3n) is 2.99. The minimum absolute atomic E-state index is 0.0523. The zero-order chi connectivity index (χ0) is 19.4. The van der Waals surface area contributed by atoms with Crippen molar-refractivity contribution in [3.63, 3.8) is 0 Å². The van der Waals surface area contributed by atoms with Crippen molar-refractivity contribution in [2.45, 2.75) is 31.9 Å². The number of guanidine groups is 1. The first kappa shape index (κ1) is 23.5. The van der Waals surface area contributed by atoms with Gasteiger partial charge in [-0.05, 0) is 19.1 Å². The zero-order valence-corrected chi connectivity index (χ0v) is 16.1. The monoisotopic (exact) mass is 394 g/mol. The van der Waals surface area contributed by atoms with Gasteiger partial charge in [-0.1, -0.05) is 6.92 Å². The molecule has 0 amide bonds. The number of hydrogen-bond donors (Lipinski definition) is 4. The van der Waals surface area contributed by atoms with E-state index in [1.54, 1.807) is 13.2 Å². The molecule has 3 atom stereocenters. The summed E-state index contributed by atoms with van der Waals surface area (Å²) in [5.74, 6) is -2.51. The molecule has 0 unspecified atom stereocenters. The minimum Gasteiger partial charge on any atom is -0.449 e. The third-order valence-corrected chi connectivity index (χ3v) is 4.17. The minimum atomic E-state index is -1.18. The first-order valence-electron chi connectivity index (χ1n) is 7.59. The van der Waals surface area contributed by atoms with E-state index in [2.05, 4.69) is 17.6 Å². The van der Waals surface area contributed by atoms with E-state index in [9.17, 15) is 14.4 Å². The Morgan fingerprint density at radius 1 is 1.20 bits per heavy atom. The fourth-order valence-corrected chi connectivity index (χ4v) is 2.17. The summed E-state index contributed by atoms with van der Waals surface area (Å²) in [5, 5.41) is 0. The summed E-state index contributed by atoms with van der Waals surface area (Å²) in [7, 11) is 0. The molecule has 9 nitrogen and oxygen atoms in total. The Balaban J connectivity index is 4.54. The first-order chi connectivity index (χ1) is 11.7. The number of aliphatic imine (C=N–C) groups is 1. The Morgan fingerprint density at radius 2 is 1.84 bits per heavy atom. The van der Waals surface area contributed by atoms with Crippen LogP contribution in [0.3, 0.4) is 0 Å². The lowest BCUT2D eigenvalue weighted by Crippen LogP contribution is -2.39. The number of nitrogens with two attached hydrogens (primary N) is 3. The molecule has 0 bridgehead atoms. The van der Waals surface area contributed by atoms with Crippen LogP contribution in [-0.4, -0.2) is 60.3 Å². The van der Waals surface area contributed by atoms with E-state index in [4.69, 9.17) is 26.7 Å². The van der Waals surface area contributed by atoms with Gasteiger partial charge in [0, 0.05) is 18.1 Å². The SMILES string of the molecule is CSC[C@H](OC(=O)[C@H](C)CS)C(=O)OC(=O)[C@@H](N)CCCN=C(N)N. The number of esters is 3. The van der Waals surface area contributed by atoms with Crippen LogP contribution in [0.2, 0.25) is 0 Å². The van der Waals surface area contributed by atoms with Gasteiger partial charge < -0.3 is 26.7 Å². The van der Waals surface area contributed by atoms with Crippen LogP contribution >= 0.6 is 24.4 Å². The van der Waals surface area contributed by atoms with Crippen molar-refractivity contribution in [1.82, 2.24) is 0 Å². The van der Waals surface area contributed by atoms with Crippen molar-refractivity contribution in [2.75, 3.05) is 24.3 Å². The third kappa shape index (κ3) is 10.2. The van der Waals surface area contributed by atoms with Gasteiger partial charge >= 0.3 is 17.9 Å². The number of carbonyl (C=O) groups is 3. The van der Waals surface area contributed by atoms with Gasteiger partial charge in [-0.15, -0.1) is 0 Å². The van der Waals surface area contributed by atoms with Crippen molar-refractivity contribution >= 4 is 48.3 Å². The second kappa shape index (κ2) is 12.8. The molecule has 0 aromatic rings. The van der Waals surface area contributed by atoms with Gasteiger partial charge in [0.05, 0.1) is 5.92 Å². The van der Waals surface area contributed by atoms with E-state index < -0.39 is 36.0 Å². The fourth-order valence-electron chi connectivity index (χ4n) is 1.51. The first-order valence-corrected chi connectivity index (χ1v) is 9.62. The molecule has 11 heteroatoms. The Bertz CT molecular complexity index is 486. The standard InChI is InChI=1S/C14H26N4O5S2/c1-8(6-24)11(19)22-10(7-25-2)13(21)23-12(20)9(15)4-3-5-18-14(16)17/h8-10,24H,3-7,15H2,1-2H3,(H4,16,17,18)/t8-,9+,10+/m1/s1. The predicted octanol–water partition coefficient (Wildman–Crippen LogP) is -0.722. The normalized spacial score (nSPS) is 14.1. The number of hydrogen-bond acceptors (Lipinski definition) is 9. The highest BCUT2D eigenvalue weighted by Gasteiger charge is 2.29. The quantitative estimate of drug-likeness (QED) is 0.0885. The summed E-state index contributed by atoms with van der Waals surface area (Å²) >= 11 is 5.28. The highest BCUT2D eigenvalue weighted by molar-refractivity contribution is 7.98. The number of nitrogens with zero attached hydrogens (tertiary/aromatic N) is 1. The maximum Gasteiger partial charge on any atom is 0.356 e. The second-order valence-electron chi connectivity index (χ2n) is 5.26. The van der Waals surface area contributed by atoms with Crippen molar-refractivity contribution in [3.05, 3.63) is 0 Å². The van der Waals surface area contributed by atoms with Crippen LogP contribution in [0.15, 0.2) is 4.99 Å². The highest BCUT2D eigenvalue weighted by Crippen LogP contribution is 2.10. The van der Waals surface area contributed by atoms with Crippen molar-refractivity contribution in [1.29, 1.82) is 0 Å². The molecular formula is C14H26N4O5S2. The van der Waals surface area contributed by atoms with Crippen LogP contribution < -0.4 is 17.2 Å². The highest BCUT2D eigenvalue weighted by atomic mass is 32.2. The Labute approximate surface area is 156 Å². The number of ether oxygens (including phenoxy) is 2. The predicted molar refractivity (Wildman–Crippen MR) is 100 cm³/mol. The van der Waals surface area contributed by atoms with Crippen LogP contribution in [0.4, 0.5) is 0 Å². The van der Waals surface area contributed by atoms with E-state index in [1.165, 1.54) is 11.8 Å². The summed E-state index contributed by atoms with van der Waals surface area (Å²) in [6.07, 6.45) is 1.24. The molecule has 0 aliphatic heterocycles. The largest absolute Gasteiger partial charge is 0.449 e. The van der Waals surface area contributed by atoms with Crippen LogP contribution in [0.1, 0.15) is 19.8 Å². The average molecular weight is 395 g/mol. The molecule has 0 spiro atoms. The number of thiol groups is 1. The summed E-state index contributed by atoms with van der Waals surface area (Å²) in [6.45, 7) is 1.93. The lowest BCUT2D eigenvalue weighted by Gasteiger charge is -2.18. The molecule has 0 aliphatic carbocycles. The number of carbonyl (C=O) groups excluding carboxylic acids is 3. The second-order valence-corrected chi connectivity index (χ2v) is 6.54. The maximum atomic E-state index is 12.1. The zero-order valence-electron chi connectivity index (χ0n) is 14.3. The van der Waals surface area contributed by atoms with E-state index in [0.29, 0.717) is 13.0 Å². The smallest absolute Gasteiger partial charge is 0.356 e. The van der Waals surface area contributed by atoms with E-state index in [0.717, 1.165) is 0 Å². The van der Waals surface area contributed by atoms with Gasteiger partial charge in [-0.3, -0.25) is 9.79 Å². The van der Waals surface area contributed by atoms with Gasteiger partial charge in [-0.2, -0.15) is 24.4 Å². The van der Waals surface area contributed by atoms with E-state index in [-0.39, 0.29) is 23.9 Å². The van der Waals surface area contributed by atoms with Crippen LogP contribution in [0.5, 0.6) is 0 Å². The molecule has 0 saturated heterocycles. The van der Waals surface area contributed by atoms with E-state index >= 15 is 0 Å². The summed E-state index contributed by atoms with van der Waals surface area (Å²) in [4.78, 5) is 39.4. The molecule has 0 heterocycles. The number of rotatable bonds is 11. The van der Waals surface area contributed by atoms with Gasteiger partial charge in [0.1, 0.15) is 6.04 Å². The van der Waals surface area contributed by atoms with E-state index in [1.807, 2.05) is 0 Å². The van der Waals surface area contributed by atoms with Gasteiger partial charge in [0.15, 0.2) is 5.96 Å². The lowest BCUT2D eigenvalue weighted by atomic mass is 10.2. The van der Waals surface area contributed by atoms with Crippen LogP contribution in [0.25, 0.3) is 0 Å². The molecule has 0 aromatic carbocycles. The summed E-state index contributed by atoms with van der Waals surface area (Å²) in [6, 6.07) is -1.000. The summed E-state index contributed by atoms with van der Waals surface area (Å²) in [5.41, 5.74) is 16.0. The molecule has 0 fully saturated rings. The van der Waals surface area contributed by atoms with Crippen LogP contribution in [0, 0.1) is 5.92 Å². The molecule has 0 saturated carbocycles. The molecule has 25 heavy (non-hydrogen) atoms. The van der Waals surface area contributed by atoms with Crippen molar-refractivity contribution in [3.8, 4) is 0 Å². The van der Waals surface area contributed by atoms with Crippen molar-refractivity contribution < 1.29 is 23.9 Å². The Hall–Kier alpha value is -1.46. The molecule has 0 rings (SSSR count). The fraction of sp³-hybridized carbons (Fsp3) is 0.714. The molecule has 0 aromatic heterocycles. The maximum absolute atomic E-state index is 12.1. The topological polar surface area (TPSA) is 160 Å². The van der Waals surface area contributed by atoms with Crippen LogP contribution in [-0.2, 0) is 23.9 Å². The Morgan fingerprint density at radius 3 is 2.36 bits per heavy atom. The van der Waals surface area contributed by atoms with Gasteiger partial charge in [-0.25, -0.2) is 9.59 Å². The lowest BCUT2D eigenvalue weighted by molar-refractivity contribution is -0.174. The molecule has 0 aliphatic rings.